The van der Waals surface area contributed by atoms with Gasteiger partial charge in [-0.25, -0.2) is 0 Å². The predicted molar refractivity (Wildman–Crippen MR) is 75.9 cm³/mol. The zero-order valence-electron chi connectivity index (χ0n) is 9.54. The van der Waals surface area contributed by atoms with Gasteiger partial charge in [0.2, 0.25) is 0 Å². The molecule has 1 amide bonds. The van der Waals surface area contributed by atoms with Crippen LogP contribution in [-0.2, 0) is 4.74 Å². The zero-order chi connectivity index (χ0) is 13.1. The van der Waals surface area contributed by atoms with Gasteiger partial charge in [-0.05, 0) is 12.1 Å². The fourth-order valence-electron chi connectivity index (χ4n) is 1.84. The SMILES string of the molecule is O=C(c1cccc(Cl)c1Cl)N1CCOC(CBr)C1. The molecule has 0 aliphatic carbocycles. The summed E-state index contributed by atoms with van der Waals surface area (Å²) in [6.07, 6.45) is 0.0284. The minimum atomic E-state index is -0.100. The number of halogens is 3. The smallest absolute Gasteiger partial charge is 0.255 e. The Morgan fingerprint density at radius 2 is 2.28 bits per heavy atom. The van der Waals surface area contributed by atoms with E-state index in [0.29, 0.717) is 40.6 Å². The van der Waals surface area contributed by atoms with E-state index in [1.807, 2.05) is 0 Å². The first-order valence-corrected chi connectivity index (χ1v) is 7.42. The Labute approximate surface area is 124 Å². The van der Waals surface area contributed by atoms with E-state index >= 15 is 0 Å². The van der Waals surface area contributed by atoms with Crippen molar-refractivity contribution in [3.05, 3.63) is 33.8 Å². The van der Waals surface area contributed by atoms with Crippen LogP contribution in [0, 0.1) is 0 Å². The summed E-state index contributed by atoms with van der Waals surface area (Å²) in [4.78, 5) is 14.1. The molecule has 1 fully saturated rings. The second-order valence-corrected chi connectivity index (χ2v) is 5.43. The number of nitrogens with zero attached hydrogens (tertiary/aromatic N) is 1. The standard InChI is InChI=1S/C12H12BrCl2NO2/c13-6-8-7-16(4-5-18-8)12(17)9-2-1-3-10(14)11(9)15/h1-3,8H,4-7H2. The Hall–Kier alpha value is -0.290. The molecule has 0 bridgehead atoms. The van der Waals surface area contributed by atoms with Crippen molar-refractivity contribution in [2.24, 2.45) is 0 Å². The number of morpholine rings is 1. The van der Waals surface area contributed by atoms with Gasteiger partial charge in [-0.2, -0.15) is 0 Å². The fourth-order valence-corrected chi connectivity index (χ4v) is 2.61. The summed E-state index contributed by atoms with van der Waals surface area (Å²) < 4.78 is 5.50. The lowest BCUT2D eigenvalue weighted by Crippen LogP contribution is -2.46. The highest BCUT2D eigenvalue weighted by atomic mass is 79.9. The maximum Gasteiger partial charge on any atom is 0.255 e. The zero-order valence-corrected chi connectivity index (χ0v) is 12.6. The molecular weight excluding hydrogens is 341 g/mol. The van der Waals surface area contributed by atoms with E-state index in [4.69, 9.17) is 27.9 Å². The number of benzene rings is 1. The lowest BCUT2D eigenvalue weighted by atomic mass is 10.1. The van der Waals surface area contributed by atoms with Crippen LogP contribution in [0.1, 0.15) is 10.4 Å². The van der Waals surface area contributed by atoms with E-state index in [2.05, 4.69) is 15.9 Å². The van der Waals surface area contributed by atoms with Crippen molar-refractivity contribution in [3.63, 3.8) is 0 Å². The predicted octanol–water partition coefficient (Wildman–Crippen LogP) is 3.23. The molecule has 1 aromatic rings. The summed E-state index contributed by atoms with van der Waals surface area (Å²) in [5, 5.41) is 1.42. The highest BCUT2D eigenvalue weighted by Gasteiger charge is 2.25. The number of hydrogen-bond donors (Lipinski definition) is 0. The van der Waals surface area contributed by atoms with Gasteiger partial charge in [0.1, 0.15) is 0 Å². The highest BCUT2D eigenvalue weighted by molar-refractivity contribution is 9.09. The van der Waals surface area contributed by atoms with E-state index in [1.54, 1.807) is 23.1 Å². The number of carbonyl (C=O) groups is 1. The van der Waals surface area contributed by atoms with Crippen LogP contribution in [0.4, 0.5) is 0 Å². The average molecular weight is 353 g/mol. The van der Waals surface area contributed by atoms with Crippen LogP contribution in [-0.4, -0.2) is 41.9 Å². The van der Waals surface area contributed by atoms with Crippen LogP contribution in [0.3, 0.4) is 0 Å². The molecule has 1 saturated heterocycles. The maximum absolute atomic E-state index is 12.3. The first-order valence-electron chi connectivity index (χ1n) is 5.54. The van der Waals surface area contributed by atoms with Crippen molar-refractivity contribution >= 4 is 45.0 Å². The maximum atomic E-state index is 12.3. The molecule has 0 spiro atoms. The van der Waals surface area contributed by atoms with Crippen LogP contribution in [0.5, 0.6) is 0 Å². The van der Waals surface area contributed by atoms with Crippen LogP contribution in [0.2, 0.25) is 10.0 Å². The topological polar surface area (TPSA) is 29.5 Å². The Morgan fingerprint density at radius 3 is 3.00 bits per heavy atom. The van der Waals surface area contributed by atoms with E-state index in [0.717, 1.165) is 0 Å². The van der Waals surface area contributed by atoms with Gasteiger partial charge in [-0.3, -0.25) is 4.79 Å². The molecule has 3 nitrogen and oxygen atoms in total. The second kappa shape index (κ2) is 6.24. The monoisotopic (exact) mass is 351 g/mol. The third-order valence-electron chi connectivity index (χ3n) is 2.78. The number of ether oxygens (including phenoxy) is 1. The van der Waals surface area contributed by atoms with E-state index < -0.39 is 0 Å². The average Bonchev–Trinajstić information content (AvgIpc) is 2.41. The molecule has 1 heterocycles. The van der Waals surface area contributed by atoms with Crippen molar-refractivity contribution in [3.8, 4) is 0 Å². The number of alkyl halides is 1. The van der Waals surface area contributed by atoms with Gasteiger partial charge in [0.15, 0.2) is 0 Å². The van der Waals surface area contributed by atoms with Gasteiger partial charge >= 0.3 is 0 Å². The van der Waals surface area contributed by atoms with E-state index in [9.17, 15) is 4.79 Å². The van der Waals surface area contributed by atoms with E-state index in [-0.39, 0.29) is 12.0 Å². The van der Waals surface area contributed by atoms with Crippen LogP contribution in [0.15, 0.2) is 18.2 Å². The molecule has 1 aliphatic heterocycles. The molecule has 6 heteroatoms. The fraction of sp³-hybridized carbons (Fsp3) is 0.417. The van der Waals surface area contributed by atoms with Crippen molar-refractivity contribution in [2.75, 3.05) is 25.0 Å². The molecular formula is C12H12BrCl2NO2. The summed E-state index contributed by atoms with van der Waals surface area (Å²) in [5.41, 5.74) is 0.444. The molecule has 2 rings (SSSR count). The summed E-state index contributed by atoms with van der Waals surface area (Å²) in [6.45, 7) is 1.68. The Balaban J connectivity index is 2.18. The van der Waals surface area contributed by atoms with Crippen LogP contribution < -0.4 is 0 Å². The number of carbonyl (C=O) groups excluding carboxylic acids is 1. The van der Waals surface area contributed by atoms with Crippen molar-refractivity contribution in [1.82, 2.24) is 4.90 Å². The van der Waals surface area contributed by atoms with Gasteiger partial charge in [0, 0.05) is 18.4 Å². The number of rotatable bonds is 2. The summed E-state index contributed by atoms with van der Waals surface area (Å²) in [7, 11) is 0. The first kappa shape index (κ1) is 14.1. The molecule has 0 aromatic heterocycles. The molecule has 98 valence electrons. The molecule has 0 N–H and O–H groups in total. The summed E-state index contributed by atoms with van der Waals surface area (Å²) in [5.74, 6) is -0.100. The number of amides is 1. The highest BCUT2D eigenvalue weighted by Crippen LogP contribution is 2.27. The molecule has 1 atom stereocenters. The van der Waals surface area contributed by atoms with Crippen LogP contribution in [0.25, 0.3) is 0 Å². The van der Waals surface area contributed by atoms with Crippen LogP contribution >= 0.6 is 39.1 Å². The Bertz CT molecular complexity index is 456. The second-order valence-electron chi connectivity index (χ2n) is 4.00. The summed E-state index contributed by atoms with van der Waals surface area (Å²) >= 11 is 15.3. The first-order chi connectivity index (χ1) is 8.63. The van der Waals surface area contributed by atoms with Crippen molar-refractivity contribution < 1.29 is 9.53 Å². The quantitative estimate of drug-likeness (QED) is 0.765. The minimum absolute atomic E-state index is 0.0284. The van der Waals surface area contributed by atoms with Gasteiger partial charge < -0.3 is 9.64 Å². The van der Waals surface area contributed by atoms with Crippen molar-refractivity contribution in [2.45, 2.75) is 6.10 Å². The lowest BCUT2D eigenvalue weighted by molar-refractivity contribution is -0.00964. The minimum Gasteiger partial charge on any atom is -0.374 e. The third kappa shape index (κ3) is 2.99. The van der Waals surface area contributed by atoms with Gasteiger partial charge in [0.05, 0.1) is 28.3 Å². The Morgan fingerprint density at radius 1 is 1.50 bits per heavy atom. The lowest BCUT2D eigenvalue weighted by Gasteiger charge is -2.32. The largest absolute Gasteiger partial charge is 0.374 e. The Kier molecular flexibility index (Phi) is 4.90. The van der Waals surface area contributed by atoms with Crippen molar-refractivity contribution in [1.29, 1.82) is 0 Å². The molecule has 1 unspecified atom stereocenters. The van der Waals surface area contributed by atoms with Gasteiger partial charge in [0.25, 0.3) is 5.91 Å². The summed E-state index contributed by atoms with van der Waals surface area (Å²) in [6, 6.07) is 5.08. The van der Waals surface area contributed by atoms with Gasteiger partial charge in [-0.15, -0.1) is 0 Å². The molecule has 1 aromatic carbocycles. The number of hydrogen-bond acceptors (Lipinski definition) is 2. The molecule has 0 saturated carbocycles. The van der Waals surface area contributed by atoms with E-state index in [1.165, 1.54) is 0 Å². The third-order valence-corrected chi connectivity index (χ3v) is 4.32. The molecule has 0 radical (unpaired) electrons. The molecule has 1 aliphatic rings. The molecule has 18 heavy (non-hydrogen) atoms. The normalized spacial score (nSPS) is 19.9. The van der Waals surface area contributed by atoms with Gasteiger partial charge in [-0.1, -0.05) is 45.2 Å².